The first-order valence-electron chi connectivity index (χ1n) is 4.21. The van der Waals surface area contributed by atoms with E-state index in [1.165, 1.54) is 6.42 Å². The summed E-state index contributed by atoms with van der Waals surface area (Å²) in [5, 5.41) is 3.21. The molecule has 3 heteroatoms. The first-order chi connectivity index (χ1) is 5.24. The number of nitrogens with one attached hydrogen (secondary N) is 1. The summed E-state index contributed by atoms with van der Waals surface area (Å²) in [5.41, 5.74) is 0. The topological polar surface area (TPSA) is 32.3 Å². The lowest BCUT2D eigenvalue weighted by molar-refractivity contribution is -0.131. The summed E-state index contributed by atoms with van der Waals surface area (Å²) >= 11 is 0. The van der Waals surface area contributed by atoms with Crippen LogP contribution in [0.5, 0.6) is 0 Å². The van der Waals surface area contributed by atoms with Gasteiger partial charge in [0.2, 0.25) is 5.91 Å². The second-order valence-electron chi connectivity index (χ2n) is 3.14. The summed E-state index contributed by atoms with van der Waals surface area (Å²) in [7, 11) is 1.87. The molecule has 1 aliphatic heterocycles. The van der Waals surface area contributed by atoms with Gasteiger partial charge in [-0.15, -0.1) is 0 Å². The minimum atomic E-state index is 0.206. The zero-order valence-electron chi connectivity index (χ0n) is 7.26. The van der Waals surface area contributed by atoms with E-state index in [1.54, 1.807) is 4.90 Å². The highest BCUT2D eigenvalue weighted by Gasteiger charge is 2.20. The summed E-state index contributed by atoms with van der Waals surface area (Å²) in [6.45, 7) is 3.55. The zero-order valence-corrected chi connectivity index (χ0v) is 7.26. The van der Waals surface area contributed by atoms with E-state index >= 15 is 0 Å². The maximum Gasteiger partial charge on any atom is 0.236 e. The molecule has 0 spiro atoms. The molecule has 64 valence electrons. The van der Waals surface area contributed by atoms with Crippen molar-refractivity contribution in [3.05, 3.63) is 0 Å². The highest BCUT2D eigenvalue weighted by atomic mass is 16.2. The number of carbonyl (C=O) groups excluding carboxylic acids is 1. The van der Waals surface area contributed by atoms with Crippen molar-refractivity contribution in [2.75, 3.05) is 20.1 Å². The van der Waals surface area contributed by atoms with E-state index in [4.69, 9.17) is 0 Å². The molecular weight excluding hydrogens is 140 g/mol. The molecule has 3 nitrogen and oxygen atoms in total. The number of hydrogen-bond acceptors (Lipinski definition) is 2. The quantitative estimate of drug-likeness (QED) is 0.620. The van der Waals surface area contributed by atoms with Crippen LogP contribution in [0.4, 0.5) is 0 Å². The molecule has 0 aromatic carbocycles. The van der Waals surface area contributed by atoms with Crippen molar-refractivity contribution in [1.82, 2.24) is 10.2 Å². The third-order valence-electron chi connectivity index (χ3n) is 2.10. The molecule has 1 heterocycles. The van der Waals surface area contributed by atoms with Gasteiger partial charge in [0.1, 0.15) is 0 Å². The Labute approximate surface area is 67.8 Å². The van der Waals surface area contributed by atoms with E-state index in [0.717, 1.165) is 13.0 Å². The predicted octanol–water partition coefficient (Wildman–Crippen LogP) is 0.217. The van der Waals surface area contributed by atoms with Crippen LogP contribution in [-0.4, -0.2) is 37.0 Å². The standard InChI is InChI=1S/C8H16N2O/c1-3-4-7-6-10(2)8(11)5-9-7/h7,9H,3-6H2,1-2H3/t7-/m1/s1. The van der Waals surface area contributed by atoms with Gasteiger partial charge in [0.25, 0.3) is 0 Å². The smallest absolute Gasteiger partial charge is 0.236 e. The van der Waals surface area contributed by atoms with Crippen molar-refractivity contribution < 1.29 is 4.79 Å². The molecular formula is C8H16N2O. The van der Waals surface area contributed by atoms with Crippen molar-refractivity contribution in [2.24, 2.45) is 0 Å². The van der Waals surface area contributed by atoms with Gasteiger partial charge in [0.05, 0.1) is 6.54 Å². The Kier molecular flexibility index (Phi) is 2.88. The average molecular weight is 156 g/mol. The molecule has 1 saturated heterocycles. The van der Waals surface area contributed by atoms with Crippen LogP contribution < -0.4 is 5.32 Å². The summed E-state index contributed by atoms with van der Waals surface area (Å²) in [5.74, 6) is 0.206. The summed E-state index contributed by atoms with van der Waals surface area (Å²) in [6.07, 6.45) is 2.34. The Morgan fingerprint density at radius 1 is 1.73 bits per heavy atom. The zero-order chi connectivity index (χ0) is 8.27. The van der Waals surface area contributed by atoms with Crippen LogP contribution in [-0.2, 0) is 4.79 Å². The van der Waals surface area contributed by atoms with E-state index in [9.17, 15) is 4.79 Å². The summed E-state index contributed by atoms with van der Waals surface area (Å²) in [4.78, 5) is 12.8. The van der Waals surface area contributed by atoms with Crippen LogP contribution in [0.3, 0.4) is 0 Å². The fourth-order valence-electron chi connectivity index (χ4n) is 1.41. The number of likely N-dealkylation sites (N-methyl/N-ethyl adjacent to an activating group) is 1. The van der Waals surface area contributed by atoms with Crippen LogP contribution in [0.2, 0.25) is 0 Å². The fraction of sp³-hybridized carbons (Fsp3) is 0.875. The first kappa shape index (κ1) is 8.53. The highest BCUT2D eigenvalue weighted by molar-refractivity contribution is 5.78. The average Bonchev–Trinajstić information content (AvgIpc) is 1.98. The number of nitrogens with zero attached hydrogens (tertiary/aromatic N) is 1. The second kappa shape index (κ2) is 3.72. The SMILES string of the molecule is CCC[C@@H]1CN(C)C(=O)CN1. The summed E-state index contributed by atoms with van der Waals surface area (Å²) < 4.78 is 0. The van der Waals surface area contributed by atoms with Crippen LogP contribution in [0, 0.1) is 0 Å². The Bertz CT molecular complexity index is 147. The van der Waals surface area contributed by atoms with Gasteiger partial charge in [-0.2, -0.15) is 0 Å². The molecule has 1 aliphatic rings. The Balaban J connectivity index is 2.33. The lowest BCUT2D eigenvalue weighted by atomic mass is 10.1. The van der Waals surface area contributed by atoms with E-state index in [1.807, 2.05) is 7.05 Å². The normalized spacial score (nSPS) is 25.8. The van der Waals surface area contributed by atoms with E-state index in [-0.39, 0.29) is 5.91 Å². The molecule has 1 N–H and O–H groups in total. The molecule has 0 aromatic rings. The van der Waals surface area contributed by atoms with Crippen LogP contribution >= 0.6 is 0 Å². The molecule has 0 bridgehead atoms. The minimum Gasteiger partial charge on any atom is -0.343 e. The van der Waals surface area contributed by atoms with Gasteiger partial charge in [0.15, 0.2) is 0 Å². The molecule has 0 aliphatic carbocycles. The lowest BCUT2D eigenvalue weighted by Gasteiger charge is -2.30. The molecule has 11 heavy (non-hydrogen) atoms. The number of piperazine rings is 1. The van der Waals surface area contributed by atoms with Crippen molar-refractivity contribution >= 4 is 5.91 Å². The maximum atomic E-state index is 11.0. The largest absolute Gasteiger partial charge is 0.343 e. The van der Waals surface area contributed by atoms with Crippen LogP contribution in [0.25, 0.3) is 0 Å². The Hall–Kier alpha value is -0.570. The molecule has 1 amide bonds. The molecule has 0 aromatic heterocycles. The Morgan fingerprint density at radius 2 is 2.45 bits per heavy atom. The van der Waals surface area contributed by atoms with Crippen LogP contribution in [0.15, 0.2) is 0 Å². The van der Waals surface area contributed by atoms with Crippen molar-refractivity contribution in [3.8, 4) is 0 Å². The van der Waals surface area contributed by atoms with E-state index in [0.29, 0.717) is 12.6 Å². The molecule has 0 unspecified atom stereocenters. The van der Waals surface area contributed by atoms with E-state index in [2.05, 4.69) is 12.2 Å². The molecule has 0 radical (unpaired) electrons. The molecule has 0 saturated carbocycles. The number of hydrogen-bond donors (Lipinski definition) is 1. The van der Waals surface area contributed by atoms with E-state index < -0.39 is 0 Å². The van der Waals surface area contributed by atoms with Gasteiger partial charge >= 0.3 is 0 Å². The second-order valence-corrected chi connectivity index (χ2v) is 3.14. The van der Waals surface area contributed by atoms with Gasteiger partial charge in [-0.1, -0.05) is 13.3 Å². The van der Waals surface area contributed by atoms with Gasteiger partial charge in [-0.3, -0.25) is 4.79 Å². The van der Waals surface area contributed by atoms with Crippen molar-refractivity contribution in [3.63, 3.8) is 0 Å². The highest BCUT2D eigenvalue weighted by Crippen LogP contribution is 2.03. The lowest BCUT2D eigenvalue weighted by Crippen LogP contribution is -2.52. The molecule has 1 rings (SSSR count). The molecule has 1 fully saturated rings. The first-order valence-corrected chi connectivity index (χ1v) is 4.21. The third kappa shape index (κ3) is 2.19. The Morgan fingerprint density at radius 3 is 3.00 bits per heavy atom. The fourth-order valence-corrected chi connectivity index (χ4v) is 1.41. The maximum absolute atomic E-state index is 11.0. The van der Waals surface area contributed by atoms with Crippen molar-refractivity contribution in [2.45, 2.75) is 25.8 Å². The number of carbonyl (C=O) groups is 1. The van der Waals surface area contributed by atoms with Crippen molar-refractivity contribution in [1.29, 1.82) is 0 Å². The van der Waals surface area contributed by atoms with Gasteiger partial charge in [0, 0.05) is 19.6 Å². The van der Waals surface area contributed by atoms with Crippen LogP contribution in [0.1, 0.15) is 19.8 Å². The number of amides is 1. The minimum absolute atomic E-state index is 0.206. The van der Waals surface area contributed by atoms with Gasteiger partial charge in [-0.05, 0) is 6.42 Å². The predicted molar refractivity (Wildman–Crippen MR) is 44.3 cm³/mol. The van der Waals surface area contributed by atoms with Gasteiger partial charge in [-0.25, -0.2) is 0 Å². The number of rotatable bonds is 2. The van der Waals surface area contributed by atoms with Gasteiger partial charge < -0.3 is 10.2 Å². The summed E-state index contributed by atoms with van der Waals surface area (Å²) in [6, 6.07) is 0.516. The molecule has 1 atom stereocenters. The monoisotopic (exact) mass is 156 g/mol. The third-order valence-corrected chi connectivity index (χ3v) is 2.10.